The van der Waals surface area contributed by atoms with Gasteiger partial charge in [0.2, 0.25) is 5.91 Å². The lowest BCUT2D eigenvalue weighted by atomic mass is 10.2. The van der Waals surface area contributed by atoms with Gasteiger partial charge in [-0.1, -0.05) is 29.5 Å². The molecule has 1 N–H and O–H groups in total. The van der Waals surface area contributed by atoms with E-state index < -0.39 is 0 Å². The van der Waals surface area contributed by atoms with Gasteiger partial charge in [0, 0.05) is 29.2 Å². The van der Waals surface area contributed by atoms with E-state index in [9.17, 15) is 4.79 Å². The Kier molecular flexibility index (Phi) is 4.10. The van der Waals surface area contributed by atoms with Crippen LogP contribution in [0.3, 0.4) is 0 Å². The van der Waals surface area contributed by atoms with Crippen LogP contribution in [0.15, 0.2) is 79.1 Å². The topological polar surface area (TPSA) is 59.8 Å². The standard InChI is InChI=1S/C22H16N4OS/c27-20(14-26-13-11-15-4-1-2-6-19(15)26)24-17-9-7-16(8-10-17)21-25-18-5-3-12-23-22(18)28-21/h1-13H,14H2,(H,24,27). The summed E-state index contributed by atoms with van der Waals surface area (Å²) in [7, 11) is 0. The van der Waals surface area contributed by atoms with Gasteiger partial charge in [0.15, 0.2) is 0 Å². The molecule has 0 aliphatic carbocycles. The number of carbonyl (C=O) groups excluding carboxylic acids is 1. The van der Waals surface area contributed by atoms with Crippen LogP contribution in [0.25, 0.3) is 31.8 Å². The number of thiazole rings is 1. The summed E-state index contributed by atoms with van der Waals surface area (Å²) in [5.41, 5.74) is 3.73. The molecule has 0 saturated heterocycles. The zero-order valence-corrected chi connectivity index (χ0v) is 15.7. The molecule has 2 aromatic carbocycles. The molecule has 0 aliphatic heterocycles. The minimum absolute atomic E-state index is 0.0571. The second-order valence-electron chi connectivity index (χ2n) is 6.47. The average molecular weight is 384 g/mol. The molecule has 5 aromatic rings. The maximum Gasteiger partial charge on any atom is 0.244 e. The predicted molar refractivity (Wildman–Crippen MR) is 113 cm³/mol. The Balaban J connectivity index is 1.31. The van der Waals surface area contributed by atoms with E-state index in [1.165, 1.54) is 0 Å². The van der Waals surface area contributed by atoms with Crippen molar-refractivity contribution in [3.8, 4) is 10.6 Å². The molecular formula is C22H16N4OS. The van der Waals surface area contributed by atoms with E-state index in [0.717, 1.165) is 37.5 Å². The fourth-order valence-corrected chi connectivity index (χ4v) is 4.14. The molecule has 6 heteroatoms. The predicted octanol–water partition coefficient (Wildman–Crippen LogP) is 4.95. The SMILES string of the molecule is O=C(Cn1ccc2ccccc21)Nc1ccc(-c2nc3cccnc3s2)cc1. The highest BCUT2D eigenvalue weighted by Crippen LogP contribution is 2.29. The number of hydrogen-bond acceptors (Lipinski definition) is 4. The number of nitrogens with zero attached hydrogens (tertiary/aromatic N) is 3. The molecule has 0 fully saturated rings. The van der Waals surface area contributed by atoms with Crippen molar-refractivity contribution in [1.29, 1.82) is 0 Å². The maximum absolute atomic E-state index is 12.4. The smallest absolute Gasteiger partial charge is 0.244 e. The van der Waals surface area contributed by atoms with Gasteiger partial charge in [0.1, 0.15) is 21.9 Å². The van der Waals surface area contributed by atoms with Gasteiger partial charge in [-0.15, -0.1) is 0 Å². The molecule has 136 valence electrons. The van der Waals surface area contributed by atoms with Gasteiger partial charge < -0.3 is 9.88 Å². The second-order valence-corrected chi connectivity index (χ2v) is 7.45. The van der Waals surface area contributed by atoms with Crippen LogP contribution in [0.2, 0.25) is 0 Å². The number of aromatic nitrogens is 3. The molecule has 0 unspecified atom stereocenters. The van der Waals surface area contributed by atoms with Crippen LogP contribution in [-0.2, 0) is 11.3 Å². The van der Waals surface area contributed by atoms with Gasteiger partial charge in [-0.05, 0) is 53.9 Å². The van der Waals surface area contributed by atoms with Gasteiger partial charge in [-0.3, -0.25) is 4.79 Å². The lowest BCUT2D eigenvalue weighted by molar-refractivity contribution is -0.116. The normalized spacial score (nSPS) is 11.1. The van der Waals surface area contributed by atoms with E-state index in [4.69, 9.17) is 0 Å². The minimum atomic E-state index is -0.0571. The summed E-state index contributed by atoms with van der Waals surface area (Å²) in [5, 5.41) is 5.01. The molecule has 0 bridgehead atoms. The van der Waals surface area contributed by atoms with Gasteiger partial charge in [-0.25, -0.2) is 9.97 Å². The Morgan fingerprint density at radius 1 is 1.00 bits per heavy atom. The third kappa shape index (κ3) is 3.14. The molecule has 5 nitrogen and oxygen atoms in total. The largest absolute Gasteiger partial charge is 0.338 e. The molecule has 0 atom stereocenters. The number of rotatable bonds is 4. The quantitative estimate of drug-likeness (QED) is 0.477. The van der Waals surface area contributed by atoms with Gasteiger partial charge in [0.25, 0.3) is 0 Å². The van der Waals surface area contributed by atoms with Crippen molar-refractivity contribution in [1.82, 2.24) is 14.5 Å². The molecule has 1 amide bonds. The van der Waals surface area contributed by atoms with Crippen molar-refractivity contribution in [2.75, 3.05) is 5.32 Å². The number of pyridine rings is 1. The fraction of sp³-hybridized carbons (Fsp3) is 0.0455. The summed E-state index contributed by atoms with van der Waals surface area (Å²) in [4.78, 5) is 22.3. The highest BCUT2D eigenvalue weighted by Gasteiger charge is 2.09. The van der Waals surface area contributed by atoms with Crippen molar-refractivity contribution >= 4 is 44.2 Å². The first-order valence-corrected chi connectivity index (χ1v) is 9.74. The first-order valence-electron chi connectivity index (χ1n) is 8.92. The summed E-state index contributed by atoms with van der Waals surface area (Å²) >= 11 is 1.56. The van der Waals surface area contributed by atoms with Crippen LogP contribution in [0, 0.1) is 0 Å². The number of amides is 1. The first kappa shape index (κ1) is 16.6. The minimum Gasteiger partial charge on any atom is -0.338 e. The Bertz CT molecular complexity index is 1250. The first-order chi connectivity index (χ1) is 13.8. The number of hydrogen-bond donors (Lipinski definition) is 1. The van der Waals surface area contributed by atoms with E-state index in [1.54, 1.807) is 17.5 Å². The summed E-state index contributed by atoms with van der Waals surface area (Å²) in [5.74, 6) is -0.0571. The third-order valence-electron chi connectivity index (χ3n) is 4.58. The van der Waals surface area contributed by atoms with E-state index >= 15 is 0 Å². The van der Waals surface area contributed by atoms with E-state index in [-0.39, 0.29) is 12.5 Å². The Morgan fingerprint density at radius 3 is 2.71 bits per heavy atom. The molecule has 5 rings (SSSR count). The van der Waals surface area contributed by atoms with Gasteiger partial charge in [0.05, 0.1) is 0 Å². The van der Waals surface area contributed by atoms with E-state index in [0.29, 0.717) is 0 Å². The molecular weight excluding hydrogens is 368 g/mol. The molecule has 0 radical (unpaired) electrons. The number of anilines is 1. The zero-order chi connectivity index (χ0) is 18.9. The summed E-state index contributed by atoms with van der Waals surface area (Å²) in [6, 6.07) is 21.6. The molecule has 0 spiro atoms. The van der Waals surface area contributed by atoms with Crippen LogP contribution >= 0.6 is 11.3 Å². The number of benzene rings is 2. The van der Waals surface area contributed by atoms with Crippen molar-refractivity contribution in [2.45, 2.75) is 6.54 Å². The lowest BCUT2D eigenvalue weighted by Crippen LogP contribution is -2.18. The second kappa shape index (κ2) is 6.90. The number of nitrogens with one attached hydrogen (secondary N) is 1. The molecule has 0 saturated carbocycles. The van der Waals surface area contributed by atoms with Crippen molar-refractivity contribution in [3.63, 3.8) is 0 Å². The van der Waals surface area contributed by atoms with Crippen LogP contribution in [0.4, 0.5) is 5.69 Å². The fourth-order valence-electron chi connectivity index (χ4n) is 3.22. The van der Waals surface area contributed by atoms with Gasteiger partial charge >= 0.3 is 0 Å². The molecule has 3 aromatic heterocycles. The van der Waals surface area contributed by atoms with Crippen molar-refractivity contribution in [3.05, 3.63) is 79.1 Å². The Hall–Kier alpha value is -3.51. The number of fused-ring (bicyclic) bond motifs is 2. The van der Waals surface area contributed by atoms with Crippen molar-refractivity contribution < 1.29 is 4.79 Å². The zero-order valence-electron chi connectivity index (χ0n) is 14.9. The number of para-hydroxylation sites is 1. The molecule has 3 heterocycles. The molecule has 0 aliphatic rings. The van der Waals surface area contributed by atoms with Crippen LogP contribution in [-0.4, -0.2) is 20.4 Å². The van der Waals surface area contributed by atoms with E-state index in [1.807, 2.05) is 77.5 Å². The highest BCUT2D eigenvalue weighted by molar-refractivity contribution is 7.21. The monoisotopic (exact) mass is 384 g/mol. The van der Waals surface area contributed by atoms with Crippen molar-refractivity contribution in [2.24, 2.45) is 0 Å². The summed E-state index contributed by atoms with van der Waals surface area (Å²) < 4.78 is 1.95. The average Bonchev–Trinajstić information content (AvgIpc) is 3.33. The highest BCUT2D eigenvalue weighted by atomic mass is 32.1. The molecule has 28 heavy (non-hydrogen) atoms. The summed E-state index contributed by atoms with van der Waals surface area (Å²) in [6.07, 6.45) is 3.71. The van der Waals surface area contributed by atoms with Crippen LogP contribution in [0.5, 0.6) is 0 Å². The van der Waals surface area contributed by atoms with Crippen LogP contribution < -0.4 is 5.32 Å². The van der Waals surface area contributed by atoms with E-state index in [2.05, 4.69) is 15.3 Å². The lowest BCUT2D eigenvalue weighted by Gasteiger charge is -2.08. The van der Waals surface area contributed by atoms with Gasteiger partial charge in [-0.2, -0.15) is 0 Å². The Morgan fingerprint density at radius 2 is 1.86 bits per heavy atom. The number of carbonyl (C=O) groups is 1. The Labute approximate surface area is 165 Å². The maximum atomic E-state index is 12.4. The van der Waals surface area contributed by atoms with Crippen LogP contribution in [0.1, 0.15) is 0 Å². The third-order valence-corrected chi connectivity index (χ3v) is 5.60. The summed E-state index contributed by atoms with van der Waals surface area (Å²) in [6.45, 7) is 0.277.